The molecule has 3 aromatic carbocycles. The molecule has 0 unspecified atom stereocenters. The summed E-state index contributed by atoms with van der Waals surface area (Å²) in [4.78, 5) is 30.3. The number of aromatic nitrogens is 1. The summed E-state index contributed by atoms with van der Waals surface area (Å²) in [6.07, 6.45) is 3.97. The van der Waals surface area contributed by atoms with Gasteiger partial charge in [0, 0.05) is 17.3 Å². The maximum Gasteiger partial charge on any atom is 1.00 e. The number of carboxylic acids is 1. The first-order valence-corrected chi connectivity index (χ1v) is 14.9. The summed E-state index contributed by atoms with van der Waals surface area (Å²) in [7, 11) is 0. The monoisotopic (exact) mass is 586 g/mol. The fourth-order valence-corrected chi connectivity index (χ4v) is 5.74. The van der Waals surface area contributed by atoms with Gasteiger partial charge in [0.15, 0.2) is 0 Å². The van der Waals surface area contributed by atoms with E-state index >= 15 is 0 Å². The standard InChI is InChI=1S/C30H29ClN2O4S2.Li/c1-19-7-3-4-8-22(19)25-15-20(11-12-23(25)28(34)33-27(30(35)36)13-14-38-2)17-37-18-21-16-32-29(39-21)24-9-5-6-10-26(24)31;/h3-12,15-16,27H,13-14,17-18H2,1-2H3,(H,33,34)(H,35,36);/q;+1/p-1/t27-;/m0./s1. The van der Waals surface area contributed by atoms with Crippen LogP contribution in [-0.4, -0.2) is 34.9 Å². The van der Waals surface area contributed by atoms with E-state index in [-0.39, 0.29) is 25.3 Å². The van der Waals surface area contributed by atoms with Crippen molar-refractivity contribution in [3.05, 3.63) is 99.5 Å². The van der Waals surface area contributed by atoms with Gasteiger partial charge in [0.2, 0.25) is 0 Å². The van der Waals surface area contributed by atoms with Gasteiger partial charge in [-0.15, -0.1) is 11.3 Å². The molecule has 0 spiro atoms. The number of thiazole rings is 1. The third kappa shape index (κ3) is 8.23. The van der Waals surface area contributed by atoms with Crippen molar-refractivity contribution < 1.29 is 38.3 Å². The molecule has 0 radical (unpaired) electrons. The third-order valence-electron chi connectivity index (χ3n) is 6.14. The quantitative estimate of drug-likeness (QED) is 0.257. The van der Waals surface area contributed by atoms with Crippen LogP contribution in [-0.2, 0) is 22.7 Å². The van der Waals surface area contributed by atoms with Crippen LogP contribution < -0.4 is 29.3 Å². The van der Waals surface area contributed by atoms with E-state index in [0.29, 0.717) is 35.1 Å². The summed E-state index contributed by atoms with van der Waals surface area (Å²) < 4.78 is 6.00. The van der Waals surface area contributed by atoms with Crippen LogP contribution in [0.25, 0.3) is 21.7 Å². The first kappa shape index (κ1) is 31.9. The number of carboxylic acid groups (broad SMARTS) is 1. The molecule has 202 valence electrons. The van der Waals surface area contributed by atoms with E-state index in [1.54, 1.807) is 12.3 Å². The number of nitrogens with zero attached hydrogens (tertiary/aromatic N) is 1. The predicted molar refractivity (Wildman–Crippen MR) is 157 cm³/mol. The van der Waals surface area contributed by atoms with Gasteiger partial charge in [-0.1, -0.05) is 60.1 Å². The molecule has 4 rings (SSSR count). The molecular weight excluding hydrogens is 559 g/mol. The number of hydrogen-bond donors (Lipinski definition) is 1. The van der Waals surface area contributed by atoms with Gasteiger partial charge < -0.3 is 20.0 Å². The van der Waals surface area contributed by atoms with Gasteiger partial charge in [-0.25, -0.2) is 4.98 Å². The molecule has 4 aromatic rings. The molecule has 40 heavy (non-hydrogen) atoms. The normalized spacial score (nSPS) is 11.5. The van der Waals surface area contributed by atoms with Gasteiger partial charge >= 0.3 is 18.9 Å². The molecule has 10 heteroatoms. The van der Waals surface area contributed by atoms with Crippen LogP contribution in [0, 0.1) is 6.92 Å². The minimum atomic E-state index is -1.29. The second kappa shape index (κ2) is 15.4. The van der Waals surface area contributed by atoms with Gasteiger partial charge in [0.25, 0.3) is 5.91 Å². The number of carbonyl (C=O) groups excluding carboxylic acids is 2. The van der Waals surface area contributed by atoms with E-state index < -0.39 is 17.9 Å². The number of nitrogens with one attached hydrogen (secondary N) is 1. The zero-order chi connectivity index (χ0) is 27.8. The summed E-state index contributed by atoms with van der Waals surface area (Å²) in [5.74, 6) is -1.15. The molecule has 1 amide bonds. The minimum Gasteiger partial charge on any atom is -0.548 e. The van der Waals surface area contributed by atoms with E-state index in [1.807, 2.05) is 73.8 Å². The molecule has 1 heterocycles. The zero-order valence-corrected chi connectivity index (χ0v) is 25.0. The average molecular weight is 587 g/mol. The van der Waals surface area contributed by atoms with Crippen LogP contribution in [0.5, 0.6) is 0 Å². The largest absolute Gasteiger partial charge is 1.00 e. The molecule has 0 aliphatic rings. The molecular formula is C30H28ClLiN2O4S2. The third-order valence-corrected chi connectivity index (χ3v) is 8.11. The van der Waals surface area contributed by atoms with E-state index in [9.17, 15) is 14.7 Å². The molecule has 0 aliphatic heterocycles. The molecule has 0 saturated carbocycles. The molecule has 1 aromatic heterocycles. The van der Waals surface area contributed by atoms with Crippen molar-refractivity contribution in [2.45, 2.75) is 32.6 Å². The maximum atomic E-state index is 13.2. The Bertz CT molecular complexity index is 1460. The van der Waals surface area contributed by atoms with Crippen LogP contribution in [0.15, 0.2) is 72.9 Å². The Morgan fingerprint density at radius 3 is 2.48 bits per heavy atom. The van der Waals surface area contributed by atoms with Gasteiger partial charge in [-0.05, 0) is 65.8 Å². The smallest absolute Gasteiger partial charge is 0.548 e. The Morgan fingerprint density at radius 1 is 1.05 bits per heavy atom. The van der Waals surface area contributed by atoms with Crippen molar-refractivity contribution in [3.8, 4) is 21.7 Å². The van der Waals surface area contributed by atoms with Crippen molar-refractivity contribution in [2.24, 2.45) is 0 Å². The van der Waals surface area contributed by atoms with Crippen molar-refractivity contribution >= 4 is 46.6 Å². The van der Waals surface area contributed by atoms with E-state index in [1.165, 1.54) is 23.1 Å². The van der Waals surface area contributed by atoms with E-state index in [4.69, 9.17) is 16.3 Å². The predicted octanol–water partition coefficient (Wildman–Crippen LogP) is 2.76. The molecule has 1 N–H and O–H groups in total. The van der Waals surface area contributed by atoms with Crippen molar-refractivity contribution in [1.29, 1.82) is 0 Å². The number of halogens is 1. The molecule has 0 saturated heterocycles. The van der Waals surface area contributed by atoms with Gasteiger partial charge in [-0.2, -0.15) is 11.8 Å². The van der Waals surface area contributed by atoms with Crippen molar-refractivity contribution in [2.75, 3.05) is 12.0 Å². The van der Waals surface area contributed by atoms with E-state index in [0.717, 1.165) is 32.1 Å². The number of benzene rings is 3. The van der Waals surface area contributed by atoms with Crippen LogP contribution in [0.3, 0.4) is 0 Å². The molecule has 0 aliphatic carbocycles. The Hall–Kier alpha value is -2.57. The summed E-state index contributed by atoms with van der Waals surface area (Å²) >= 11 is 9.35. The Balaban J connectivity index is 0.00000441. The number of hydrogen-bond acceptors (Lipinski definition) is 7. The Morgan fingerprint density at radius 2 is 1.77 bits per heavy atom. The fourth-order valence-electron chi connectivity index (χ4n) is 4.10. The SMILES string of the molecule is CSCC[C@H](NC(=O)c1ccc(COCc2cnc(-c3ccccc3Cl)s2)cc1-c1ccccc1C)C(=O)[O-].[Li+]. The number of rotatable bonds is 12. The summed E-state index contributed by atoms with van der Waals surface area (Å²) in [5, 5.41) is 15.7. The van der Waals surface area contributed by atoms with Crippen LogP contribution in [0.4, 0.5) is 0 Å². The van der Waals surface area contributed by atoms with Gasteiger partial charge in [-0.3, -0.25) is 4.79 Å². The number of aryl methyl sites for hydroxylation is 1. The first-order valence-electron chi connectivity index (χ1n) is 12.3. The average Bonchev–Trinajstić information content (AvgIpc) is 3.40. The second-order valence-corrected chi connectivity index (χ2v) is 11.4. The minimum absolute atomic E-state index is 0. The van der Waals surface area contributed by atoms with Crippen LogP contribution in [0.1, 0.15) is 32.8 Å². The molecule has 6 nitrogen and oxygen atoms in total. The van der Waals surface area contributed by atoms with Gasteiger partial charge in [0.1, 0.15) is 5.01 Å². The number of thioether (sulfide) groups is 1. The molecule has 0 fully saturated rings. The molecule has 1 atom stereocenters. The second-order valence-electron chi connectivity index (χ2n) is 8.93. The Kier molecular flexibility index (Phi) is 12.3. The van der Waals surface area contributed by atoms with Crippen LogP contribution >= 0.6 is 34.7 Å². The Labute approximate surface area is 259 Å². The number of amides is 1. The van der Waals surface area contributed by atoms with Crippen LogP contribution in [0.2, 0.25) is 5.02 Å². The molecule has 0 bridgehead atoms. The number of ether oxygens (including phenoxy) is 1. The topological polar surface area (TPSA) is 91.3 Å². The van der Waals surface area contributed by atoms with E-state index in [2.05, 4.69) is 10.3 Å². The summed E-state index contributed by atoms with van der Waals surface area (Å²) in [6.45, 7) is 2.69. The first-order chi connectivity index (χ1) is 18.9. The maximum absolute atomic E-state index is 13.2. The number of aliphatic carboxylic acids is 1. The van der Waals surface area contributed by atoms with Crippen molar-refractivity contribution in [1.82, 2.24) is 10.3 Å². The summed E-state index contributed by atoms with van der Waals surface area (Å²) in [5.41, 5.74) is 4.79. The fraction of sp³-hybridized carbons (Fsp3) is 0.233. The zero-order valence-electron chi connectivity index (χ0n) is 22.6. The number of carbonyl (C=O) groups is 2. The van der Waals surface area contributed by atoms with Gasteiger partial charge in [0.05, 0.1) is 35.1 Å². The van der Waals surface area contributed by atoms with Crippen molar-refractivity contribution in [3.63, 3.8) is 0 Å². The summed E-state index contributed by atoms with van der Waals surface area (Å²) in [6, 6.07) is 19.8.